The molecule has 2 aliphatic heterocycles. The number of hydrogen-bond donors (Lipinski definition) is 0. The summed E-state index contributed by atoms with van der Waals surface area (Å²) in [4.78, 5) is 17.3. The third kappa shape index (κ3) is 8.30. The Kier molecular flexibility index (Phi) is 11.0. The number of carbonyl (C=O) groups excluding carboxylic acids is 1. The molecule has 10 heteroatoms. The fourth-order valence-corrected chi connectivity index (χ4v) is 9.58. The molecule has 0 radical (unpaired) electrons. The highest BCUT2D eigenvalue weighted by Crippen LogP contribution is 2.42. The zero-order valence-corrected chi connectivity index (χ0v) is 27.3. The van der Waals surface area contributed by atoms with Gasteiger partial charge < -0.3 is 4.90 Å². The van der Waals surface area contributed by atoms with E-state index < -0.39 is 27.8 Å². The van der Waals surface area contributed by atoms with Gasteiger partial charge in [-0.1, -0.05) is 42.8 Å². The van der Waals surface area contributed by atoms with Gasteiger partial charge in [-0.05, 0) is 113 Å². The molecular formula is C35H48F3N3O3S. The summed E-state index contributed by atoms with van der Waals surface area (Å²) in [6.07, 6.45) is 7.78. The predicted molar refractivity (Wildman–Crippen MR) is 170 cm³/mol. The number of nitrogens with zero attached hydrogens (tertiary/aromatic N) is 3. The van der Waals surface area contributed by atoms with Crippen molar-refractivity contribution in [2.24, 2.45) is 5.92 Å². The molecule has 1 amide bonds. The molecule has 1 unspecified atom stereocenters. The highest BCUT2D eigenvalue weighted by Gasteiger charge is 2.41. The van der Waals surface area contributed by atoms with Crippen LogP contribution in [0, 0.1) is 5.92 Å². The van der Waals surface area contributed by atoms with E-state index in [4.69, 9.17) is 0 Å². The lowest BCUT2D eigenvalue weighted by Crippen LogP contribution is -2.51. The van der Waals surface area contributed by atoms with Crippen LogP contribution in [0.1, 0.15) is 88.2 Å². The van der Waals surface area contributed by atoms with Crippen molar-refractivity contribution in [1.29, 1.82) is 0 Å². The molecule has 1 aliphatic carbocycles. The first-order chi connectivity index (χ1) is 21.5. The molecule has 1 atom stereocenters. The molecule has 2 saturated heterocycles. The van der Waals surface area contributed by atoms with Gasteiger partial charge in [0.1, 0.15) is 0 Å². The second-order valence-corrected chi connectivity index (χ2v) is 15.4. The first-order valence-corrected chi connectivity index (χ1v) is 18.1. The smallest absolute Gasteiger partial charge is 0.346 e. The van der Waals surface area contributed by atoms with Crippen LogP contribution < -0.4 is 0 Å². The predicted octanol–water partition coefficient (Wildman–Crippen LogP) is 7.14. The van der Waals surface area contributed by atoms with Crippen LogP contribution >= 0.6 is 0 Å². The second kappa shape index (κ2) is 14.6. The van der Waals surface area contributed by atoms with Crippen molar-refractivity contribution in [2.75, 3.05) is 33.2 Å². The van der Waals surface area contributed by atoms with Crippen LogP contribution in [0.2, 0.25) is 0 Å². The van der Waals surface area contributed by atoms with Gasteiger partial charge in [0.15, 0.2) is 0 Å². The lowest BCUT2D eigenvalue weighted by atomic mass is 9.71. The zero-order valence-electron chi connectivity index (χ0n) is 26.5. The third-order valence-electron chi connectivity index (χ3n) is 10.5. The maximum absolute atomic E-state index is 13.4. The minimum absolute atomic E-state index is 0.0377. The molecule has 45 heavy (non-hydrogen) atoms. The van der Waals surface area contributed by atoms with Gasteiger partial charge in [0.25, 0.3) is 0 Å². The molecule has 0 aromatic heterocycles. The molecule has 248 valence electrons. The summed E-state index contributed by atoms with van der Waals surface area (Å²) in [5.74, 6) is 0.525. The molecule has 0 bridgehead atoms. The van der Waals surface area contributed by atoms with Gasteiger partial charge >= 0.3 is 6.18 Å². The Bertz CT molecular complexity index is 1370. The van der Waals surface area contributed by atoms with Crippen molar-refractivity contribution in [1.82, 2.24) is 14.1 Å². The summed E-state index contributed by atoms with van der Waals surface area (Å²) < 4.78 is 68.0. The summed E-state index contributed by atoms with van der Waals surface area (Å²) in [7, 11) is -2.40. The van der Waals surface area contributed by atoms with Crippen LogP contribution in [-0.2, 0) is 27.4 Å². The molecule has 5 rings (SSSR count). The van der Waals surface area contributed by atoms with Crippen molar-refractivity contribution < 1.29 is 26.4 Å². The third-order valence-corrected chi connectivity index (χ3v) is 12.4. The lowest BCUT2D eigenvalue weighted by Gasteiger charge is -2.47. The summed E-state index contributed by atoms with van der Waals surface area (Å²) in [5.41, 5.74) is 0.674. The van der Waals surface area contributed by atoms with E-state index in [-0.39, 0.29) is 29.3 Å². The number of amides is 1. The van der Waals surface area contributed by atoms with Crippen LogP contribution in [0.4, 0.5) is 13.2 Å². The van der Waals surface area contributed by atoms with E-state index in [1.165, 1.54) is 67.5 Å². The van der Waals surface area contributed by atoms with E-state index in [1.807, 2.05) is 0 Å². The minimum Gasteiger partial charge on any atom is -0.346 e. The second-order valence-electron chi connectivity index (χ2n) is 13.5. The van der Waals surface area contributed by atoms with Gasteiger partial charge in [-0.25, -0.2) is 8.42 Å². The fourth-order valence-electron chi connectivity index (χ4n) is 7.84. The first kappa shape index (κ1) is 33.9. The molecule has 0 N–H and O–H groups in total. The summed E-state index contributed by atoms with van der Waals surface area (Å²) in [5, 5.41) is 0. The van der Waals surface area contributed by atoms with Crippen molar-refractivity contribution in [3.63, 3.8) is 0 Å². The maximum atomic E-state index is 13.4. The summed E-state index contributed by atoms with van der Waals surface area (Å²) >= 11 is 0. The van der Waals surface area contributed by atoms with Crippen LogP contribution in [0.25, 0.3) is 0 Å². The van der Waals surface area contributed by atoms with E-state index in [9.17, 15) is 26.4 Å². The fraction of sp³-hybridized carbons (Fsp3) is 0.629. The van der Waals surface area contributed by atoms with Gasteiger partial charge in [0, 0.05) is 38.1 Å². The Morgan fingerprint density at radius 3 is 2.31 bits per heavy atom. The molecular weight excluding hydrogens is 599 g/mol. The topological polar surface area (TPSA) is 60.9 Å². The molecule has 1 saturated carbocycles. The molecule has 0 spiro atoms. The van der Waals surface area contributed by atoms with Crippen LogP contribution in [-0.4, -0.2) is 73.2 Å². The molecule has 6 nitrogen and oxygen atoms in total. The Balaban J connectivity index is 1.12. The number of benzene rings is 2. The number of halogens is 3. The summed E-state index contributed by atoms with van der Waals surface area (Å²) in [6, 6.07) is 14.2. The number of sulfonamides is 1. The van der Waals surface area contributed by atoms with Crippen molar-refractivity contribution in [2.45, 2.75) is 106 Å². The molecule has 2 heterocycles. The largest absolute Gasteiger partial charge is 0.416 e. The van der Waals surface area contributed by atoms with E-state index >= 15 is 0 Å². The van der Waals surface area contributed by atoms with Crippen molar-refractivity contribution >= 4 is 15.9 Å². The number of rotatable bonds is 11. The van der Waals surface area contributed by atoms with E-state index in [0.29, 0.717) is 31.4 Å². The van der Waals surface area contributed by atoms with E-state index in [1.54, 1.807) is 11.9 Å². The number of hydrogen-bond acceptors (Lipinski definition) is 4. The number of piperidine rings is 1. The lowest BCUT2D eigenvalue weighted by molar-refractivity contribution is -0.137. The van der Waals surface area contributed by atoms with Crippen LogP contribution in [0.5, 0.6) is 0 Å². The van der Waals surface area contributed by atoms with E-state index in [0.717, 1.165) is 37.8 Å². The Hall–Kier alpha value is -2.43. The Labute approximate surface area is 267 Å². The molecule has 3 fully saturated rings. The SMILES string of the molecule is CN(CCCC1CCC(Cc2ccccc2)(N2CCCC2)CC1)C(=O)CC1CCCCN1S(=O)(=O)c1cccc(C(F)(F)F)c1. The minimum atomic E-state index is -4.64. The molecule has 3 aliphatic rings. The highest BCUT2D eigenvalue weighted by atomic mass is 32.2. The number of likely N-dealkylation sites (tertiary alicyclic amines) is 1. The van der Waals surface area contributed by atoms with Gasteiger partial charge in [-0.3, -0.25) is 9.69 Å². The highest BCUT2D eigenvalue weighted by molar-refractivity contribution is 7.89. The normalized spacial score (nSPS) is 25.3. The van der Waals surface area contributed by atoms with E-state index in [2.05, 4.69) is 35.2 Å². The Morgan fingerprint density at radius 1 is 0.933 bits per heavy atom. The van der Waals surface area contributed by atoms with Crippen LogP contribution in [0.15, 0.2) is 59.5 Å². The van der Waals surface area contributed by atoms with Gasteiger partial charge in [-0.15, -0.1) is 0 Å². The first-order valence-electron chi connectivity index (χ1n) is 16.7. The average molecular weight is 648 g/mol. The number of carbonyl (C=O) groups is 1. The van der Waals surface area contributed by atoms with Gasteiger partial charge in [0.2, 0.25) is 15.9 Å². The quantitative estimate of drug-likeness (QED) is 0.260. The summed E-state index contributed by atoms with van der Waals surface area (Å²) in [6.45, 7) is 3.21. The Morgan fingerprint density at radius 2 is 1.62 bits per heavy atom. The molecule has 2 aromatic carbocycles. The van der Waals surface area contributed by atoms with Gasteiger partial charge in [-0.2, -0.15) is 17.5 Å². The number of alkyl halides is 3. The maximum Gasteiger partial charge on any atom is 0.416 e. The standard InChI is InChI=1S/C35H48F3N3O3S/c1-39(21-10-13-28-17-19-34(20-18-28,40-22-7-8-23-40)27-29-11-3-2-4-12-29)33(42)26-31-15-5-6-24-41(31)45(43,44)32-16-9-14-30(25-32)35(36,37)38/h2-4,9,11-12,14,16,25,28,31H,5-8,10,13,15,17-24,26-27H2,1H3. The zero-order chi connectivity index (χ0) is 32.1. The average Bonchev–Trinajstić information content (AvgIpc) is 3.58. The van der Waals surface area contributed by atoms with Crippen molar-refractivity contribution in [3.8, 4) is 0 Å². The monoisotopic (exact) mass is 647 g/mol. The van der Waals surface area contributed by atoms with Crippen LogP contribution in [0.3, 0.4) is 0 Å². The van der Waals surface area contributed by atoms with Gasteiger partial charge in [0.05, 0.1) is 10.5 Å². The van der Waals surface area contributed by atoms with Crippen molar-refractivity contribution in [3.05, 3.63) is 65.7 Å². The molecule has 2 aromatic rings.